The molecule has 0 bridgehead atoms. The molecule has 2 unspecified atom stereocenters. The zero-order valence-corrected chi connectivity index (χ0v) is 13.6. The van der Waals surface area contributed by atoms with E-state index in [9.17, 15) is 0 Å². The highest BCUT2D eigenvalue weighted by atomic mass is 16.5. The van der Waals surface area contributed by atoms with E-state index in [0.717, 1.165) is 12.8 Å². The van der Waals surface area contributed by atoms with Gasteiger partial charge in [-0.2, -0.15) is 0 Å². The summed E-state index contributed by atoms with van der Waals surface area (Å²) in [4.78, 5) is 0. The van der Waals surface area contributed by atoms with Gasteiger partial charge in [0.05, 0.1) is 25.4 Å². The SMILES string of the molecule is CCCC(OCc1ccccc1)C(C)OCc1ccccc1. The molecule has 0 radical (unpaired) electrons. The third-order valence-corrected chi connectivity index (χ3v) is 3.76. The van der Waals surface area contributed by atoms with Crippen LogP contribution in [0.1, 0.15) is 37.8 Å². The van der Waals surface area contributed by atoms with E-state index in [-0.39, 0.29) is 12.2 Å². The van der Waals surface area contributed by atoms with Gasteiger partial charge in [0.2, 0.25) is 0 Å². The Morgan fingerprint density at radius 3 is 1.77 bits per heavy atom. The van der Waals surface area contributed by atoms with E-state index in [0.29, 0.717) is 13.2 Å². The molecule has 0 aliphatic rings. The average molecular weight is 298 g/mol. The molecule has 0 aliphatic heterocycles. The second-order valence-electron chi connectivity index (χ2n) is 5.63. The Hall–Kier alpha value is -1.64. The molecule has 2 heteroatoms. The number of benzene rings is 2. The van der Waals surface area contributed by atoms with Crippen LogP contribution in [0.15, 0.2) is 60.7 Å². The Bertz CT molecular complexity index is 510. The van der Waals surface area contributed by atoms with Crippen molar-refractivity contribution in [3.63, 3.8) is 0 Å². The van der Waals surface area contributed by atoms with Gasteiger partial charge in [-0.25, -0.2) is 0 Å². The van der Waals surface area contributed by atoms with Crippen LogP contribution in [0.2, 0.25) is 0 Å². The molecular weight excluding hydrogens is 272 g/mol. The van der Waals surface area contributed by atoms with Gasteiger partial charge < -0.3 is 9.47 Å². The van der Waals surface area contributed by atoms with E-state index in [1.807, 2.05) is 36.4 Å². The maximum atomic E-state index is 6.09. The second kappa shape index (κ2) is 9.39. The Labute approximate surface area is 134 Å². The van der Waals surface area contributed by atoms with E-state index in [1.165, 1.54) is 11.1 Å². The summed E-state index contributed by atoms with van der Waals surface area (Å²) in [5.74, 6) is 0. The molecule has 0 aliphatic carbocycles. The first kappa shape index (κ1) is 16.7. The van der Waals surface area contributed by atoms with Crippen LogP contribution in [-0.4, -0.2) is 12.2 Å². The molecule has 2 rings (SSSR count). The Kier molecular flexibility index (Phi) is 7.14. The van der Waals surface area contributed by atoms with Gasteiger partial charge >= 0.3 is 0 Å². The first-order valence-electron chi connectivity index (χ1n) is 8.10. The standard InChI is InChI=1S/C20H26O2/c1-3-10-20(22-16-19-13-8-5-9-14-19)17(2)21-15-18-11-6-4-7-12-18/h4-9,11-14,17,20H,3,10,15-16H2,1-2H3. The lowest BCUT2D eigenvalue weighted by Crippen LogP contribution is -2.29. The fourth-order valence-corrected chi connectivity index (χ4v) is 2.42. The van der Waals surface area contributed by atoms with Crippen LogP contribution in [0.5, 0.6) is 0 Å². The van der Waals surface area contributed by atoms with Crippen LogP contribution in [-0.2, 0) is 22.7 Å². The Balaban J connectivity index is 1.83. The summed E-state index contributed by atoms with van der Waals surface area (Å²) in [6, 6.07) is 20.6. The minimum Gasteiger partial charge on any atom is -0.371 e. The zero-order valence-electron chi connectivity index (χ0n) is 13.6. The molecule has 2 aromatic rings. The molecular formula is C20H26O2. The Morgan fingerprint density at radius 2 is 1.27 bits per heavy atom. The van der Waals surface area contributed by atoms with Gasteiger partial charge in [-0.05, 0) is 24.5 Å². The van der Waals surface area contributed by atoms with Gasteiger partial charge in [0.25, 0.3) is 0 Å². The highest BCUT2D eigenvalue weighted by Crippen LogP contribution is 2.15. The van der Waals surface area contributed by atoms with E-state index < -0.39 is 0 Å². The largest absolute Gasteiger partial charge is 0.371 e. The van der Waals surface area contributed by atoms with Crippen molar-refractivity contribution >= 4 is 0 Å². The van der Waals surface area contributed by atoms with Crippen molar-refractivity contribution < 1.29 is 9.47 Å². The first-order valence-corrected chi connectivity index (χ1v) is 8.10. The molecule has 0 aromatic heterocycles. The van der Waals surface area contributed by atoms with Crippen molar-refractivity contribution in [2.24, 2.45) is 0 Å². The molecule has 0 saturated carbocycles. The molecule has 0 amide bonds. The van der Waals surface area contributed by atoms with Crippen molar-refractivity contribution in [1.29, 1.82) is 0 Å². The maximum Gasteiger partial charge on any atom is 0.0838 e. The third kappa shape index (κ3) is 5.63. The number of ether oxygens (including phenoxy) is 2. The normalized spacial score (nSPS) is 13.7. The first-order chi connectivity index (χ1) is 10.8. The molecule has 0 spiro atoms. The summed E-state index contributed by atoms with van der Waals surface area (Å²) in [6.07, 6.45) is 2.33. The second-order valence-corrected chi connectivity index (χ2v) is 5.63. The van der Waals surface area contributed by atoms with Crippen LogP contribution in [0.25, 0.3) is 0 Å². The van der Waals surface area contributed by atoms with Crippen LogP contribution >= 0.6 is 0 Å². The monoisotopic (exact) mass is 298 g/mol. The lowest BCUT2D eigenvalue weighted by molar-refractivity contribution is -0.0806. The van der Waals surface area contributed by atoms with E-state index in [2.05, 4.69) is 38.1 Å². The molecule has 22 heavy (non-hydrogen) atoms. The molecule has 0 N–H and O–H groups in total. The molecule has 0 saturated heterocycles. The predicted molar refractivity (Wildman–Crippen MR) is 90.6 cm³/mol. The molecule has 2 aromatic carbocycles. The van der Waals surface area contributed by atoms with E-state index >= 15 is 0 Å². The van der Waals surface area contributed by atoms with Gasteiger partial charge in [-0.15, -0.1) is 0 Å². The number of hydrogen-bond acceptors (Lipinski definition) is 2. The lowest BCUT2D eigenvalue weighted by atomic mass is 10.1. The summed E-state index contributed by atoms with van der Waals surface area (Å²) >= 11 is 0. The highest BCUT2D eigenvalue weighted by Gasteiger charge is 2.18. The Morgan fingerprint density at radius 1 is 0.773 bits per heavy atom. The summed E-state index contributed by atoms with van der Waals surface area (Å²) < 4.78 is 12.1. The van der Waals surface area contributed by atoms with Crippen LogP contribution in [0.4, 0.5) is 0 Å². The summed E-state index contributed by atoms with van der Waals surface area (Å²) in [5.41, 5.74) is 2.41. The summed E-state index contributed by atoms with van der Waals surface area (Å²) in [7, 11) is 0. The zero-order chi connectivity index (χ0) is 15.6. The van der Waals surface area contributed by atoms with Crippen LogP contribution in [0, 0.1) is 0 Å². The van der Waals surface area contributed by atoms with Crippen molar-refractivity contribution in [2.75, 3.05) is 0 Å². The smallest absolute Gasteiger partial charge is 0.0838 e. The van der Waals surface area contributed by atoms with Crippen molar-refractivity contribution in [1.82, 2.24) is 0 Å². The quantitative estimate of drug-likeness (QED) is 0.650. The maximum absolute atomic E-state index is 6.09. The third-order valence-electron chi connectivity index (χ3n) is 3.76. The summed E-state index contributed by atoms with van der Waals surface area (Å²) in [5, 5.41) is 0. The topological polar surface area (TPSA) is 18.5 Å². The summed E-state index contributed by atoms with van der Waals surface area (Å²) in [6.45, 7) is 5.57. The van der Waals surface area contributed by atoms with Crippen LogP contribution < -0.4 is 0 Å². The fraction of sp³-hybridized carbons (Fsp3) is 0.400. The van der Waals surface area contributed by atoms with Crippen molar-refractivity contribution in [3.05, 3.63) is 71.8 Å². The van der Waals surface area contributed by atoms with Gasteiger partial charge in [0, 0.05) is 0 Å². The van der Waals surface area contributed by atoms with Crippen LogP contribution in [0.3, 0.4) is 0 Å². The van der Waals surface area contributed by atoms with Gasteiger partial charge in [0.15, 0.2) is 0 Å². The fourth-order valence-electron chi connectivity index (χ4n) is 2.42. The minimum atomic E-state index is 0.0869. The van der Waals surface area contributed by atoms with Crippen molar-refractivity contribution in [2.45, 2.75) is 52.1 Å². The van der Waals surface area contributed by atoms with Crippen molar-refractivity contribution in [3.8, 4) is 0 Å². The minimum absolute atomic E-state index is 0.0869. The molecule has 2 atom stereocenters. The highest BCUT2D eigenvalue weighted by molar-refractivity contribution is 5.14. The molecule has 118 valence electrons. The number of hydrogen-bond donors (Lipinski definition) is 0. The van der Waals surface area contributed by atoms with Gasteiger partial charge in [-0.3, -0.25) is 0 Å². The van der Waals surface area contributed by atoms with Gasteiger partial charge in [-0.1, -0.05) is 74.0 Å². The molecule has 0 fully saturated rings. The van der Waals surface area contributed by atoms with Gasteiger partial charge in [0.1, 0.15) is 0 Å². The number of rotatable bonds is 9. The molecule has 2 nitrogen and oxygen atoms in total. The van der Waals surface area contributed by atoms with E-state index in [4.69, 9.17) is 9.47 Å². The molecule has 0 heterocycles. The lowest BCUT2D eigenvalue weighted by Gasteiger charge is -2.24. The van der Waals surface area contributed by atoms with E-state index in [1.54, 1.807) is 0 Å². The predicted octanol–water partition coefficient (Wildman–Crippen LogP) is 4.98. The average Bonchev–Trinajstić information content (AvgIpc) is 2.58.